The SMILES string of the molecule is CC1(C)CC(COc2nc3sc(-c4ncc(-c5cn[nH]c5)c5cc[nH]c45)nc3s2)CCN1. The molecule has 3 N–H and O–H groups in total. The summed E-state index contributed by atoms with van der Waals surface area (Å²) >= 11 is 3.06. The van der Waals surface area contributed by atoms with Crippen molar-refractivity contribution in [1.82, 2.24) is 35.5 Å². The first kappa shape index (κ1) is 19.8. The van der Waals surface area contributed by atoms with Gasteiger partial charge >= 0.3 is 0 Å². The van der Waals surface area contributed by atoms with Gasteiger partial charge in [0.05, 0.1) is 18.3 Å². The zero-order chi connectivity index (χ0) is 21.7. The summed E-state index contributed by atoms with van der Waals surface area (Å²) in [6, 6.07) is 2.06. The highest BCUT2D eigenvalue weighted by Crippen LogP contribution is 2.39. The third-order valence-electron chi connectivity index (χ3n) is 5.96. The largest absolute Gasteiger partial charge is 0.470 e. The van der Waals surface area contributed by atoms with E-state index in [1.807, 2.05) is 18.6 Å². The first-order chi connectivity index (χ1) is 15.6. The summed E-state index contributed by atoms with van der Waals surface area (Å²) in [6.07, 6.45) is 9.74. The predicted octanol–water partition coefficient (Wildman–Crippen LogP) is 4.84. The van der Waals surface area contributed by atoms with Crippen molar-refractivity contribution in [2.45, 2.75) is 32.2 Å². The fraction of sp³-hybridized carbons (Fsp3) is 0.364. The standard InChI is InChI=1S/C22H23N7OS2/c1-22(2)7-12(3-6-25-22)11-30-21-29-20-19(32-21)28-18(31-20)17-16-14(4-5-23-16)15(10-24-17)13-8-26-27-9-13/h4-5,8-10,12,23,25H,3,6-7,11H2,1-2H3,(H,26,27). The van der Waals surface area contributed by atoms with Gasteiger partial charge < -0.3 is 15.0 Å². The van der Waals surface area contributed by atoms with E-state index in [1.54, 1.807) is 17.5 Å². The van der Waals surface area contributed by atoms with Gasteiger partial charge in [0.15, 0.2) is 9.66 Å². The molecular formula is C22H23N7OS2. The fourth-order valence-electron chi connectivity index (χ4n) is 4.47. The first-order valence-electron chi connectivity index (χ1n) is 10.7. The van der Waals surface area contributed by atoms with Gasteiger partial charge in [-0.2, -0.15) is 10.1 Å². The van der Waals surface area contributed by atoms with E-state index in [2.05, 4.69) is 40.4 Å². The lowest BCUT2D eigenvalue weighted by atomic mass is 9.85. The maximum atomic E-state index is 6.06. The van der Waals surface area contributed by atoms with Crippen molar-refractivity contribution >= 4 is 43.2 Å². The predicted molar refractivity (Wildman–Crippen MR) is 128 cm³/mol. The van der Waals surface area contributed by atoms with Crippen LogP contribution in [0.5, 0.6) is 5.19 Å². The number of rotatable bonds is 5. The van der Waals surface area contributed by atoms with Crippen LogP contribution in [0.15, 0.2) is 30.9 Å². The molecule has 0 saturated carbocycles. The molecule has 1 atom stereocenters. The van der Waals surface area contributed by atoms with Crippen LogP contribution in [0.2, 0.25) is 0 Å². The number of piperidine rings is 1. The summed E-state index contributed by atoms with van der Waals surface area (Å²) in [5, 5.41) is 13.1. The Kier molecular flexibility index (Phi) is 4.74. The van der Waals surface area contributed by atoms with Gasteiger partial charge in [0, 0.05) is 40.6 Å². The number of hydrogen-bond donors (Lipinski definition) is 3. The summed E-state index contributed by atoms with van der Waals surface area (Å²) in [4.78, 5) is 19.4. The Balaban J connectivity index is 1.25. The third kappa shape index (κ3) is 3.58. The van der Waals surface area contributed by atoms with E-state index in [0.29, 0.717) is 17.7 Å². The second-order valence-electron chi connectivity index (χ2n) is 8.86. The molecule has 0 aromatic carbocycles. The highest BCUT2D eigenvalue weighted by Gasteiger charge is 2.28. The van der Waals surface area contributed by atoms with E-state index in [4.69, 9.17) is 19.7 Å². The number of fused-ring (bicyclic) bond motifs is 2. The Morgan fingerprint density at radius 2 is 2.09 bits per heavy atom. The van der Waals surface area contributed by atoms with Crippen LogP contribution in [-0.4, -0.2) is 48.8 Å². The fourth-order valence-corrected chi connectivity index (χ4v) is 6.37. The second-order valence-corrected chi connectivity index (χ2v) is 10.8. The summed E-state index contributed by atoms with van der Waals surface area (Å²) in [6.45, 7) is 6.25. The molecule has 0 amide bonds. The first-order valence-corrected chi connectivity index (χ1v) is 12.3. The molecule has 0 bridgehead atoms. The molecule has 0 radical (unpaired) electrons. The molecular weight excluding hydrogens is 442 g/mol. The number of nitrogens with zero attached hydrogens (tertiary/aromatic N) is 4. The van der Waals surface area contributed by atoms with Gasteiger partial charge in [-0.25, -0.2) is 4.98 Å². The van der Waals surface area contributed by atoms with Gasteiger partial charge in [0.2, 0.25) is 0 Å². The molecule has 6 rings (SSSR count). The van der Waals surface area contributed by atoms with E-state index in [0.717, 1.165) is 61.8 Å². The van der Waals surface area contributed by atoms with Crippen molar-refractivity contribution in [3.8, 4) is 27.0 Å². The summed E-state index contributed by atoms with van der Waals surface area (Å²) in [5.74, 6) is 0.552. The van der Waals surface area contributed by atoms with Gasteiger partial charge in [-0.15, -0.1) is 0 Å². The number of thiazole rings is 2. The summed E-state index contributed by atoms with van der Waals surface area (Å²) in [7, 11) is 0. The monoisotopic (exact) mass is 465 g/mol. The van der Waals surface area contributed by atoms with Crippen LogP contribution < -0.4 is 10.1 Å². The van der Waals surface area contributed by atoms with Crippen molar-refractivity contribution in [3.63, 3.8) is 0 Å². The zero-order valence-corrected chi connectivity index (χ0v) is 19.4. The third-order valence-corrected chi connectivity index (χ3v) is 7.91. The Bertz CT molecular complexity index is 1350. The summed E-state index contributed by atoms with van der Waals surface area (Å²) < 4.78 is 6.06. The lowest BCUT2D eigenvalue weighted by molar-refractivity contribution is 0.160. The molecule has 0 spiro atoms. The highest BCUT2D eigenvalue weighted by atomic mass is 32.1. The lowest BCUT2D eigenvalue weighted by Crippen LogP contribution is -2.47. The number of nitrogens with one attached hydrogen (secondary N) is 3. The molecule has 6 heterocycles. The van der Waals surface area contributed by atoms with Crippen molar-refractivity contribution in [1.29, 1.82) is 0 Å². The molecule has 1 fully saturated rings. The van der Waals surface area contributed by atoms with Crippen molar-refractivity contribution < 1.29 is 4.74 Å². The van der Waals surface area contributed by atoms with Crippen LogP contribution in [-0.2, 0) is 0 Å². The van der Waals surface area contributed by atoms with Crippen LogP contribution in [0.3, 0.4) is 0 Å². The Morgan fingerprint density at radius 1 is 1.19 bits per heavy atom. The average molecular weight is 466 g/mol. The molecule has 10 heteroatoms. The number of hydrogen-bond acceptors (Lipinski definition) is 8. The van der Waals surface area contributed by atoms with Gasteiger partial charge in [-0.3, -0.25) is 10.1 Å². The number of ether oxygens (including phenoxy) is 1. The van der Waals surface area contributed by atoms with Crippen molar-refractivity contribution in [2.24, 2.45) is 5.92 Å². The Labute approximate surface area is 192 Å². The van der Waals surface area contributed by atoms with E-state index in [9.17, 15) is 0 Å². The highest BCUT2D eigenvalue weighted by molar-refractivity contribution is 7.28. The normalized spacial score (nSPS) is 18.5. The summed E-state index contributed by atoms with van der Waals surface area (Å²) in [5.41, 5.74) is 4.03. The maximum absolute atomic E-state index is 6.06. The Hall–Kier alpha value is -2.82. The number of H-pyrrole nitrogens is 2. The number of pyridine rings is 1. The molecule has 1 saturated heterocycles. The smallest absolute Gasteiger partial charge is 0.276 e. The van der Waals surface area contributed by atoms with Crippen LogP contribution >= 0.6 is 22.7 Å². The minimum atomic E-state index is 0.176. The molecule has 0 aliphatic carbocycles. The van der Waals surface area contributed by atoms with Crippen LogP contribution in [0, 0.1) is 5.92 Å². The van der Waals surface area contributed by atoms with Gasteiger partial charge in [-0.1, -0.05) is 22.7 Å². The molecule has 1 aliphatic rings. The topological polar surface area (TPSA) is 104 Å². The molecule has 32 heavy (non-hydrogen) atoms. The lowest BCUT2D eigenvalue weighted by Gasteiger charge is -2.36. The van der Waals surface area contributed by atoms with Gasteiger partial charge in [0.1, 0.15) is 10.7 Å². The van der Waals surface area contributed by atoms with Crippen LogP contribution in [0.4, 0.5) is 0 Å². The quantitative estimate of drug-likeness (QED) is 0.343. The maximum Gasteiger partial charge on any atom is 0.276 e. The van der Waals surface area contributed by atoms with Crippen molar-refractivity contribution in [2.75, 3.05) is 13.2 Å². The van der Waals surface area contributed by atoms with E-state index < -0.39 is 0 Å². The minimum absolute atomic E-state index is 0.176. The number of aromatic nitrogens is 6. The van der Waals surface area contributed by atoms with Crippen molar-refractivity contribution in [3.05, 3.63) is 30.9 Å². The van der Waals surface area contributed by atoms with E-state index in [-0.39, 0.29) is 5.54 Å². The number of aromatic amines is 2. The molecule has 8 nitrogen and oxygen atoms in total. The molecule has 5 aromatic rings. The van der Waals surface area contributed by atoms with Gasteiger partial charge in [0.25, 0.3) is 5.19 Å². The van der Waals surface area contributed by atoms with E-state index >= 15 is 0 Å². The van der Waals surface area contributed by atoms with Crippen LogP contribution in [0.1, 0.15) is 26.7 Å². The Morgan fingerprint density at radius 3 is 2.91 bits per heavy atom. The molecule has 164 valence electrons. The second kappa shape index (κ2) is 7.65. The minimum Gasteiger partial charge on any atom is -0.470 e. The molecule has 1 unspecified atom stereocenters. The molecule has 1 aliphatic heterocycles. The van der Waals surface area contributed by atoms with Crippen LogP contribution in [0.25, 0.3) is 42.4 Å². The zero-order valence-electron chi connectivity index (χ0n) is 17.8. The van der Waals surface area contributed by atoms with Gasteiger partial charge in [-0.05, 0) is 45.2 Å². The average Bonchev–Trinajstić information content (AvgIpc) is 3.54. The van der Waals surface area contributed by atoms with E-state index in [1.165, 1.54) is 11.3 Å². The molecule has 5 aromatic heterocycles.